The number of carbonyl (C=O) groups is 2. The predicted molar refractivity (Wildman–Crippen MR) is 105 cm³/mol. The van der Waals surface area contributed by atoms with E-state index in [9.17, 15) is 14.4 Å². The van der Waals surface area contributed by atoms with E-state index < -0.39 is 11.5 Å². The van der Waals surface area contributed by atoms with Crippen molar-refractivity contribution in [2.24, 2.45) is 0 Å². The fourth-order valence-electron chi connectivity index (χ4n) is 3.46. The second kappa shape index (κ2) is 7.13. The van der Waals surface area contributed by atoms with Gasteiger partial charge in [0.2, 0.25) is 0 Å². The third kappa shape index (κ3) is 3.27. The third-order valence-electron chi connectivity index (χ3n) is 5.01. The molecule has 7 heteroatoms. The Balaban J connectivity index is 1.65. The second-order valence-corrected chi connectivity index (χ2v) is 7.22. The maximum absolute atomic E-state index is 12.6. The summed E-state index contributed by atoms with van der Waals surface area (Å²) in [4.78, 5) is 40.5. The number of halogens is 1. The summed E-state index contributed by atoms with van der Waals surface area (Å²) < 4.78 is 5.40. The zero-order valence-electron chi connectivity index (χ0n) is 15.0. The number of hydrogen-bond donors (Lipinski definition) is 2. The van der Waals surface area contributed by atoms with E-state index in [0.29, 0.717) is 39.7 Å². The summed E-state index contributed by atoms with van der Waals surface area (Å²) in [6, 6.07) is 10.1. The zero-order valence-corrected chi connectivity index (χ0v) is 15.8. The number of anilines is 1. The Bertz CT molecular complexity index is 1130. The number of pyridine rings is 1. The monoisotopic (exact) mass is 396 g/mol. The summed E-state index contributed by atoms with van der Waals surface area (Å²) in [5.41, 5.74) is 1.46. The molecule has 6 nitrogen and oxygen atoms in total. The predicted octanol–water partition coefficient (Wildman–Crippen LogP) is 4.09. The minimum absolute atomic E-state index is 0.108. The molecule has 28 heavy (non-hydrogen) atoms. The lowest BCUT2D eigenvalue weighted by Gasteiger charge is -2.22. The lowest BCUT2D eigenvalue weighted by molar-refractivity contribution is 0.0959. The molecule has 0 spiro atoms. The van der Waals surface area contributed by atoms with Crippen molar-refractivity contribution in [2.75, 3.05) is 5.32 Å². The first kappa shape index (κ1) is 18.3. The molecule has 0 aliphatic heterocycles. The number of hydrogen-bond acceptors (Lipinski definition) is 4. The van der Waals surface area contributed by atoms with Gasteiger partial charge in [0.15, 0.2) is 5.78 Å². The molecule has 2 heterocycles. The van der Waals surface area contributed by atoms with Gasteiger partial charge in [0.1, 0.15) is 11.3 Å². The van der Waals surface area contributed by atoms with Crippen molar-refractivity contribution in [2.45, 2.75) is 25.7 Å². The third-order valence-corrected chi connectivity index (χ3v) is 5.42. The highest BCUT2D eigenvalue weighted by Crippen LogP contribution is 2.32. The molecule has 0 fully saturated rings. The van der Waals surface area contributed by atoms with Crippen molar-refractivity contribution < 1.29 is 14.0 Å². The number of rotatable bonds is 3. The van der Waals surface area contributed by atoms with Gasteiger partial charge in [-0.3, -0.25) is 14.4 Å². The summed E-state index contributed by atoms with van der Waals surface area (Å²) >= 11 is 6.07. The molecule has 1 amide bonds. The number of aromatic nitrogens is 1. The first-order valence-corrected chi connectivity index (χ1v) is 9.21. The van der Waals surface area contributed by atoms with Crippen LogP contribution in [0.1, 0.15) is 50.1 Å². The van der Waals surface area contributed by atoms with Gasteiger partial charge in [0, 0.05) is 34.3 Å². The average molecular weight is 397 g/mol. The van der Waals surface area contributed by atoms with Crippen LogP contribution in [0.3, 0.4) is 0 Å². The average Bonchev–Trinajstić information content (AvgIpc) is 3.19. The number of carbonyl (C=O) groups excluding carboxylic acids is 2. The summed E-state index contributed by atoms with van der Waals surface area (Å²) in [5.74, 6) is -0.139. The molecule has 2 N–H and O–H groups in total. The minimum atomic E-state index is -0.588. The number of ketones is 1. The maximum atomic E-state index is 12.6. The number of aromatic amines is 1. The molecule has 1 aliphatic carbocycles. The lowest BCUT2D eigenvalue weighted by atomic mass is 9.84. The lowest BCUT2D eigenvalue weighted by Crippen LogP contribution is -2.29. The number of furan rings is 1. The Morgan fingerprint density at radius 1 is 1.21 bits per heavy atom. The second-order valence-electron chi connectivity index (χ2n) is 6.81. The Labute approximate surface area is 165 Å². The zero-order chi connectivity index (χ0) is 19.8. The molecule has 0 saturated heterocycles. The van der Waals surface area contributed by atoms with E-state index in [-0.39, 0.29) is 23.7 Å². The van der Waals surface area contributed by atoms with Crippen LogP contribution in [0.4, 0.5) is 5.69 Å². The first-order chi connectivity index (χ1) is 13.4. The molecule has 1 aromatic carbocycles. The van der Waals surface area contributed by atoms with Gasteiger partial charge in [-0.15, -0.1) is 0 Å². The number of fused-ring (bicyclic) bond motifs is 1. The van der Waals surface area contributed by atoms with E-state index in [4.69, 9.17) is 16.0 Å². The molecule has 1 atom stereocenters. The van der Waals surface area contributed by atoms with Crippen molar-refractivity contribution in [1.29, 1.82) is 0 Å². The number of benzene rings is 1. The van der Waals surface area contributed by atoms with Crippen LogP contribution in [0.2, 0.25) is 5.02 Å². The van der Waals surface area contributed by atoms with Crippen molar-refractivity contribution in [3.63, 3.8) is 0 Å². The van der Waals surface area contributed by atoms with Gasteiger partial charge in [-0.1, -0.05) is 17.7 Å². The number of Topliss-reactive ketones (excluding diaryl/α,β-unsaturated/α-hetero) is 1. The van der Waals surface area contributed by atoms with E-state index >= 15 is 0 Å². The first-order valence-electron chi connectivity index (χ1n) is 8.83. The van der Waals surface area contributed by atoms with Gasteiger partial charge < -0.3 is 14.7 Å². The fourth-order valence-corrected chi connectivity index (χ4v) is 3.63. The van der Waals surface area contributed by atoms with E-state index in [1.807, 2.05) is 6.07 Å². The largest absolute Gasteiger partial charge is 0.469 e. The molecule has 2 aromatic heterocycles. The smallest absolute Gasteiger partial charge is 0.261 e. The molecule has 4 rings (SSSR count). The molecule has 1 unspecified atom stereocenters. The van der Waals surface area contributed by atoms with Crippen molar-refractivity contribution in [3.05, 3.63) is 86.2 Å². The van der Waals surface area contributed by atoms with Crippen LogP contribution in [0.25, 0.3) is 0 Å². The summed E-state index contributed by atoms with van der Waals surface area (Å²) in [6.45, 7) is 1.77. The Morgan fingerprint density at radius 3 is 2.79 bits per heavy atom. The molecule has 0 saturated carbocycles. The quantitative estimate of drug-likeness (QED) is 0.697. The van der Waals surface area contributed by atoms with Gasteiger partial charge >= 0.3 is 0 Å². The maximum Gasteiger partial charge on any atom is 0.261 e. The highest BCUT2D eigenvalue weighted by atomic mass is 35.5. The molecular weight excluding hydrogens is 380 g/mol. The molecule has 142 valence electrons. The standard InChI is InChI=1S/C21H17ClN2O4/c1-11-15(22)4-2-5-16(11)23-20(26)14-10-13-17(24-21(14)27)8-12(9-18(13)25)19-6-3-7-28-19/h2-7,10,12H,8-9H2,1H3,(H,23,26)(H,24,27). The van der Waals surface area contributed by atoms with Crippen LogP contribution in [-0.4, -0.2) is 16.7 Å². The van der Waals surface area contributed by atoms with E-state index in [0.717, 1.165) is 0 Å². The number of amides is 1. The van der Waals surface area contributed by atoms with Crippen LogP contribution in [0.15, 0.2) is 51.9 Å². The fraction of sp³-hybridized carbons (Fsp3) is 0.190. The summed E-state index contributed by atoms with van der Waals surface area (Å²) in [7, 11) is 0. The van der Waals surface area contributed by atoms with Crippen LogP contribution >= 0.6 is 11.6 Å². The van der Waals surface area contributed by atoms with E-state index in [1.165, 1.54) is 6.07 Å². The molecule has 0 radical (unpaired) electrons. The Kier molecular flexibility index (Phi) is 4.65. The van der Waals surface area contributed by atoms with Gasteiger partial charge in [-0.2, -0.15) is 0 Å². The molecular formula is C21H17ClN2O4. The number of nitrogens with one attached hydrogen (secondary N) is 2. The van der Waals surface area contributed by atoms with Crippen molar-refractivity contribution >= 4 is 29.0 Å². The van der Waals surface area contributed by atoms with Gasteiger partial charge in [0.25, 0.3) is 11.5 Å². The van der Waals surface area contributed by atoms with Crippen LogP contribution in [-0.2, 0) is 6.42 Å². The van der Waals surface area contributed by atoms with Crippen LogP contribution < -0.4 is 10.9 Å². The van der Waals surface area contributed by atoms with E-state index in [2.05, 4.69) is 10.3 Å². The highest BCUT2D eigenvalue weighted by molar-refractivity contribution is 6.31. The molecule has 0 bridgehead atoms. The minimum Gasteiger partial charge on any atom is -0.469 e. The Morgan fingerprint density at radius 2 is 2.04 bits per heavy atom. The van der Waals surface area contributed by atoms with Gasteiger partial charge in [-0.25, -0.2) is 0 Å². The van der Waals surface area contributed by atoms with E-state index in [1.54, 1.807) is 37.5 Å². The normalized spacial score (nSPS) is 15.9. The SMILES string of the molecule is Cc1c(Cl)cccc1NC(=O)c1cc2c([nH]c1=O)CC(c1ccco1)CC2=O. The Hall–Kier alpha value is -3.12. The van der Waals surface area contributed by atoms with Crippen LogP contribution in [0.5, 0.6) is 0 Å². The molecule has 3 aromatic rings. The highest BCUT2D eigenvalue weighted by Gasteiger charge is 2.30. The van der Waals surface area contributed by atoms with Crippen LogP contribution in [0, 0.1) is 6.92 Å². The van der Waals surface area contributed by atoms with Crippen molar-refractivity contribution in [3.8, 4) is 0 Å². The molecule has 1 aliphatic rings. The van der Waals surface area contributed by atoms with Gasteiger partial charge in [-0.05, 0) is 49.2 Å². The summed E-state index contributed by atoms with van der Waals surface area (Å²) in [6.07, 6.45) is 2.30. The summed E-state index contributed by atoms with van der Waals surface area (Å²) in [5, 5.41) is 3.20. The number of H-pyrrole nitrogens is 1. The van der Waals surface area contributed by atoms with Gasteiger partial charge in [0.05, 0.1) is 6.26 Å². The topological polar surface area (TPSA) is 92.2 Å². The van der Waals surface area contributed by atoms with Crippen molar-refractivity contribution in [1.82, 2.24) is 4.98 Å².